The average molecular weight is 473 g/mol. The summed E-state index contributed by atoms with van der Waals surface area (Å²) in [5, 5.41) is 2.75. The predicted octanol–water partition coefficient (Wildman–Crippen LogP) is 4.78. The van der Waals surface area contributed by atoms with E-state index in [0.29, 0.717) is 36.1 Å². The lowest BCUT2D eigenvalue weighted by atomic mass is 10.1. The molecule has 0 aliphatic carbocycles. The van der Waals surface area contributed by atoms with Crippen molar-refractivity contribution in [3.63, 3.8) is 0 Å². The molecule has 0 fully saturated rings. The number of rotatable bonds is 5. The van der Waals surface area contributed by atoms with Crippen LogP contribution in [0.15, 0.2) is 59.5 Å². The molecular formula is C23H21ClN2O5S. The minimum atomic E-state index is -4.01. The van der Waals surface area contributed by atoms with E-state index in [9.17, 15) is 13.2 Å². The highest BCUT2D eigenvalue weighted by atomic mass is 35.5. The molecule has 1 amide bonds. The summed E-state index contributed by atoms with van der Waals surface area (Å²) in [6, 6.07) is 14.4. The van der Waals surface area contributed by atoms with Crippen molar-refractivity contribution in [1.82, 2.24) is 0 Å². The highest BCUT2D eigenvalue weighted by Crippen LogP contribution is 2.33. The third-order valence-electron chi connectivity index (χ3n) is 5.04. The summed E-state index contributed by atoms with van der Waals surface area (Å²) in [6.07, 6.45) is 0. The van der Waals surface area contributed by atoms with Crippen molar-refractivity contribution in [3.8, 4) is 11.5 Å². The molecule has 2 N–H and O–H groups in total. The van der Waals surface area contributed by atoms with Gasteiger partial charge in [0.05, 0.1) is 5.02 Å². The molecule has 0 spiro atoms. The molecule has 9 heteroatoms. The Hall–Kier alpha value is -3.23. The zero-order chi connectivity index (χ0) is 22.9. The summed E-state index contributed by atoms with van der Waals surface area (Å²) in [5.74, 6) is 0.651. The lowest BCUT2D eigenvalue weighted by Crippen LogP contribution is -2.17. The van der Waals surface area contributed by atoms with Gasteiger partial charge in [0.25, 0.3) is 15.9 Å². The van der Waals surface area contributed by atoms with E-state index in [1.807, 2.05) is 19.9 Å². The monoisotopic (exact) mass is 472 g/mol. The van der Waals surface area contributed by atoms with E-state index < -0.39 is 15.9 Å². The molecule has 0 atom stereocenters. The summed E-state index contributed by atoms with van der Waals surface area (Å²) < 4.78 is 39.4. The second-order valence-electron chi connectivity index (χ2n) is 7.36. The Labute approximate surface area is 191 Å². The first kappa shape index (κ1) is 22.0. The third kappa shape index (κ3) is 4.66. The highest BCUT2D eigenvalue weighted by Gasteiger charge is 2.21. The first-order chi connectivity index (χ1) is 15.2. The van der Waals surface area contributed by atoms with E-state index in [1.54, 1.807) is 30.3 Å². The van der Waals surface area contributed by atoms with E-state index in [0.717, 1.165) is 11.1 Å². The zero-order valence-electron chi connectivity index (χ0n) is 17.4. The average Bonchev–Trinajstić information content (AvgIpc) is 2.76. The normalized spacial score (nSPS) is 12.8. The van der Waals surface area contributed by atoms with Crippen LogP contribution in [0.2, 0.25) is 5.02 Å². The Kier molecular flexibility index (Phi) is 5.99. The molecule has 1 aliphatic heterocycles. The van der Waals surface area contributed by atoms with Crippen LogP contribution in [0.3, 0.4) is 0 Å². The number of fused-ring (bicyclic) bond motifs is 1. The number of carbonyl (C=O) groups is 1. The van der Waals surface area contributed by atoms with Gasteiger partial charge in [-0.05, 0) is 67.4 Å². The lowest BCUT2D eigenvalue weighted by molar-refractivity contribution is 0.102. The third-order valence-corrected chi connectivity index (χ3v) is 6.90. The molecule has 0 radical (unpaired) electrons. The number of anilines is 2. The number of hydrogen-bond donors (Lipinski definition) is 2. The molecule has 0 saturated carbocycles. The molecular weight excluding hydrogens is 452 g/mol. The number of nitrogens with one attached hydrogen (secondary N) is 2. The van der Waals surface area contributed by atoms with Gasteiger partial charge in [0.2, 0.25) is 0 Å². The molecule has 3 aromatic carbocycles. The summed E-state index contributed by atoms with van der Waals surface area (Å²) in [6.45, 7) is 4.73. The van der Waals surface area contributed by atoms with Crippen LogP contribution in [0.25, 0.3) is 0 Å². The minimum Gasteiger partial charge on any atom is -0.486 e. The van der Waals surface area contributed by atoms with Crippen molar-refractivity contribution in [2.45, 2.75) is 18.7 Å². The van der Waals surface area contributed by atoms with Crippen LogP contribution in [0, 0.1) is 13.8 Å². The Morgan fingerprint density at radius 3 is 2.34 bits per heavy atom. The molecule has 3 aromatic rings. The number of halogens is 1. The number of aryl methyl sites for hydroxylation is 2. The van der Waals surface area contributed by atoms with Crippen molar-refractivity contribution < 1.29 is 22.7 Å². The summed E-state index contributed by atoms with van der Waals surface area (Å²) in [7, 11) is -4.01. The Morgan fingerprint density at radius 1 is 0.875 bits per heavy atom. The van der Waals surface area contributed by atoms with Crippen molar-refractivity contribution in [1.29, 1.82) is 0 Å². The predicted molar refractivity (Wildman–Crippen MR) is 124 cm³/mol. The van der Waals surface area contributed by atoms with Crippen LogP contribution in [0.1, 0.15) is 21.5 Å². The maximum absolute atomic E-state index is 13.0. The second-order valence-corrected chi connectivity index (χ2v) is 9.42. The van der Waals surface area contributed by atoms with Crippen LogP contribution in [-0.2, 0) is 10.0 Å². The molecule has 0 aromatic heterocycles. The van der Waals surface area contributed by atoms with E-state index in [4.69, 9.17) is 21.1 Å². The number of hydrogen-bond acceptors (Lipinski definition) is 5. The van der Waals surface area contributed by atoms with Gasteiger partial charge >= 0.3 is 0 Å². The number of sulfonamides is 1. The van der Waals surface area contributed by atoms with Gasteiger partial charge in [-0.15, -0.1) is 0 Å². The summed E-state index contributed by atoms with van der Waals surface area (Å²) in [4.78, 5) is 12.6. The Bertz CT molecular complexity index is 1310. The van der Waals surface area contributed by atoms with Crippen molar-refractivity contribution >= 4 is 38.9 Å². The molecule has 1 aliphatic rings. The van der Waals surface area contributed by atoms with Gasteiger partial charge in [-0.1, -0.05) is 17.7 Å². The number of ether oxygens (including phenoxy) is 2. The van der Waals surface area contributed by atoms with Crippen LogP contribution in [0.5, 0.6) is 11.5 Å². The SMILES string of the molecule is Cc1ccc(NS(=O)(=O)c2cc(C(=O)Nc3ccc4c(c3)OCCO4)ccc2Cl)cc1C. The zero-order valence-corrected chi connectivity index (χ0v) is 19.0. The first-order valence-electron chi connectivity index (χ1n) is 9.83. The minimum absolute atomic E-state index is 0.0113. The van der Waals surface area contributed by atoms with E-state index in [-0.39, 0.29) is 15.5 Å². The number of carbonyl (C=O) groups excluding carboxylic acids is 1. The van der Waals surface area contributed by atoms with E-state index in [1.165, 1.54) is 18.2 Å². The summed E-state index contributed by atoms with van der Waals surface area (Å²) >= 11 is 6.17. The molecule has 1 heterocycles. The van der Waals surface area contributed by atoms with Crippen LogP contribution in [-0.4, -0.2) is 27.5 Å². The van der Waals surface area contributed by atoms with Gasteiger partial charge in [-0.3, -0.25) is 9.52 Å². The maximum Gasteiger partial charge on any atom is 0.263 e. The molecule has 166 valence electrons. The van der Waals surface area contributed by atoms with E-state index in [2.05, 4.69) is 10.0 Å². The Balaban J connectivity index is 1.57. The lowest BCUT2D eigenvalue weighted by Gasteiger charge is -2.19. The number of benzene rings is 3. The smallest absolute Gasteiger partial charge is 0.263 e. The topological polar surface area (TPSA) is 93.7 Å². The van der Waals surface area contributed by atoms with Gasteiger partial charge in [0.15, 0.2) is 11.5 Å². The first-order valence-corrected chi connectivity index (χ1v) is 11.7. The fraction of sp³-hybridized carbons (Fsp3) is 0.174. The maximum atomic E-state index is 13.0. The largest absolute Gasteiger partial charge is 0.486 e. The van der Waals surface area contributed by atoms with Crippen LogP contribution < -0.4 is 19.5 Å². The molecule has 0 unspecified atom stereocenters. The van der Waals surface area contributed by atoms with Gasteiger partial charge in [0, 0.05) is 23.0 Å². The Morgan fingerprint density at radius 2 is 1.59 bits per heavy atom. The molecule has 4 rings (SSSR count). The second kappa shape index (κ2) is 8.72. The molecule has 7 nitrogen and oxygen atoms in total. The van der Waals surface area contributed by atoms with Gasteiger partial charge in [-0.2, -0.15) is 0 Å². The van der Waals surface area contributed by atoms with Gasteiger partial charge in [-0.25, -0.2) is 8.42 Å². The van der Waals surface area contributed by atoms with E-state index >= 15 is 0 Å². The number of amides is 1. The standard InChI is InChI=1S/C23H21ClN2O5S/c1-14-3-5-18(11-15(14)2)26-32(28,29)22-12-16(4-7-19(22)24)23(27)25-17-6-8-20-21(13-17)31-10-9-30-20/h3-8,11-13,26H,9-10H2,1-2H3,(H,25,27). The van der Waals surface area contributed by atoms with Crippen molar-refractivity contribution in [3.05, 3.63) is 76.3 Å². The molecule has 0 saturated heterocycles. The van der Waals surface area contributed by atoms with Crippen LogP contribution >= 0.6 is 11.6 Å². The molecule has 0 bridgehead atoms. The fourth-order valence-electron chi connectivity index (χ4n) is 3.19. The molecule has 32 heavy (non-hydrogen) atoms. The summed E-state index contributed by atoms with van der Waals surface area (Å²) in [5.41, 5.74) is 3.04. The van der Waals surface area contributed by atoms with Crippen LogP contribution in [0.4, 0.5) is 11.4 Å². The van der Waals surface area contributed by atoms with Gasteiger partial charge in [0.1, 0.15) is 18.1 Å². The fourth-order valence-corrected chi connectivity index (χ4v) is 4.77. The van der Waals surface area contributed by atoms with Crippen molar-refractivity contribution in [2.75, 3.05) is 23.3 Å². The van der Waals surface area contributed by atoms with Crippen molar-refractivity contribution in [2.24, 2.45) is 0 Å². The quantitative estimate of drug-likeness (QED) is 0.557. The highest BCUT2D eigenvalue weighted by molar-refractivity contribution is 7.92. The van der Waals surface area contributed by atoms with Gasteiger partial charge < -0.3 is 14.8 Å².